The average Bonchev–Trinajstić information content (AvgIpc) is 3.11. The van der Waals surface area contributed by atoms with Crippen molar-refractivity contribution in [3.8, 4) is 0 Å². The van der Waals surface area contributed by atoms with Gasteiger partial charge in [-0.3, -0.25) is 9.89 Å². The van der Waals surface area contributed by atoms with Crippen LogP contribution in [0.15, 0.2) is 21.8 Å². The highest BCUT2D eigenvalue weighted by Crippen LogP contribution is 2.07. The third kappa shape index (κ3) is 8.37. The van der Waals surface area contributed by atoms with E-state index in [0.717, 1.165) is 63.9 Å². The Kier molecular flexibility index (Phi) is 11.8. The van der Waals surface area contributed by atoms with Crippen molar-refractivity contribution < 1.29 is 9.26 Å². The molecule has 0 amide bonds. The number of halogens is 1. The topological polar surface area (TPSA) is 66.1 Å². The second-order valence-electron chi connectivity index (χ2n) is 5.96. The summed E-state index contributed by atoms with van der Waals surface area (Å²) < 4.78 is 10.5. The maximum atomic E-state index is 5.59. The quantitative estimate of drug-likeness (QED) is 0.261. The van der Waals surface area contributed by atoms with Crippen LogP contribution in [-0.2, 0) is 11.3 Å². The molecule has 0 aromatic carbocycles. The molecule has 0 atom stereocenters. The number of aromatic nitrogens is 1. The van der Waals surface area contributed by atoms with Crippen molar-refractivity contribution >= 4 is 29.9 Å². The lowest BCUT2D eigenvalue weighted by molar-refractivity contribution is 0.138. The van der Waals surface area contributed by atoms with Gasteiger partial charge in [-0.05, 0) is 13.3 Å². The van der Waals surface area contributed by atoms with Crippen molar-refractivity contribution in [2.75, 3.05) is 52.5 Å². The fourth-order valence-corrected chi connectivity index (χ4v) is 2.66. The van der Waals surface area contributed by atoms with Crippen LogP contribution in [0.4, 0.5) is 0 Å². The SMILES string of the molecule is CCCCOCCN=C(NCC)N1CCN(Cc2ccon2)CC1.I. The Morgan fingerprint density at radius 1 is 1.28 bits per heavy atom. The molecule has 1 aromatic heterocycles. The molecule has 1 aliphatic heterocycles. The molecule has 1 N–H and O–H groups in total. The van der Waals surface area contributed by atoms with E-state index in [9.17, 15) is 0 Å². The van der Waals surface area contributed by atoms with Gasteiger partial charge < -0.3 is 19.5 Å². The van der Waals surface area contributed by atoms with Gasteiger partial charge in [0.15, 0.2) is 5.96 Å². The van der Waals surface area contributed by atoms with E-state index < -0.39 is 0 Å². The van der Waals surface area contributed by atoms with E-state index in [4.69, 9.17) is 14.3 Å². The largest absolute Gasteiger partial charge is 0.380 e. The fraction of sp³-hybridized carbons (Fsp3) is 0.765. The van der Waals surface area contributed by atoms with Crippen LogP contribution in [-0.4, -0.2) is 73.4 Å². The highest BCUT2D eigenvalue weighted by molar-refractivity contribution is 14.0. The Hall–Kier alpha value is -0.870. The number of ether oxygens (including phenoxy) is 1. The minimum absolute atomic E-state index is 0. The summed E-state index contributed by atoms with van der Waals surface area (Å²) >= 11 is 0. The van der Waals surface area contributed by atoms with Gasteiger partial charge in [0.05, 0.1) is 18.8 Å². The monoisotopic (exact) mass is 465 g/mol. The molecule has 0 unspecified atom stereocenters. The van der Waals surface area contributed by atoms with Crippen LogP contribution in [0.5, 0.6) is 0 Å². The molecular weight excluding hydrogens is 433 g/mol. The Morgan fingerprint density at radius 2 is 2.08 bits per heavy atom. The van der Waals surface area contributed by atoms with E-state index in [1.807, 2.05) is 6.07 Å². The maximum absolute atomic E-state index is 5.59. The molecule has 2 heterocycles. The van der Waals surface area contributed by atoms with E-state index in [0.29, 0.717) is 13.2 Å². The van der Waals surface area contributed by atoms with Crippen molar-refractivity contribution in [3.63, 3.8) is 0 Å². The van der Waals surface area contributed by atoms with E-state index in [1.54, 1.807) is 6.26 Å². The minimum Gasteiger partial charge on any atom is -0.380 e. The highest BCUT2D eigenvalue weighted by Gasteiger charge is 2.20. The van der Waals surface area contributed by atoms with Crippen molar-refractivity contribution in [2.45, 2.75) is 33.2 Å². The number of aliphatic imine (C=N–C) groups is 1. The molecule has 8 heteroatoms. The lowest BCUT2D eigenvalue weighted by Crippen LogP contribution is -2.52. The zero-order valence-electron chi connectivity index (χ0n) is 15.4. The third-order valence-electron chi connectivity index (χ3n) is 4.02. The lowest BCUT2D eigenvalue weighted by atomic mass is 10.3. The Balaban J connectivity index is 0.00000312. The van der Waals surface area contributed by atoms with Gasteiger partial charge in [-0.2, -0.15) is 0 Å². The Bertz CT molecular complexity index is 462. The molecule has 1 fully saturated rings. The summed E-state index contributed by atoms with van der Waals surface area (Å²) in [5, 5.41) is 7.37. The van der Waals surface area contributed by atoms with Crippen molar-refractivity contribution in [3.05, 3.63) is 18.0 Å². The number of hydrogen-bond acceptors (Lipinski definition) is 5. The van der Waals surface area contributed by atoms with Gasteiger partial charge >= 0.3 is 0 Å². The van der Waals surface area contributed by atoms with Crippen molar-refractivity contribution in [1.29, 1.82) is 0 Å². The molecule has 2 rings (SSSR count). The van der Waals surface area contributed by atoms with E-state index in [-0.39, 0.29) is 24.0 Å². The predicted molar refractivity (Wildman–Crippen MR) is 110 cm³/mol. The van der Waals surface area contributed by atoms with Gasteiger partial charge in [0, 0.05) is 51.9 Å². The zero-order chi connectivity index (χ0) is 17.0. The lowest BCUT2D eigenvalue weighted by Gasteiger charge is -2.36. The summed E-state index contributed by atoms with van der Waals surface area (Å²) in [6.07, 6.45) is 3.92. The summed E-state index contributed by atoms with van der Waals surface area (Å²) in [6.45, 7) is 12.2. The van der Waals surface area contributed by atoms with Gasteiger partial charge in [0.2, 0.25) is 0 Å². The standard InChI is InChI=1S/C17H31N5O2.HI/c1-3-5-12-23-14-7-19-17(18-4-2)22-10-8-21(9-11-22)15-16-6-13-24-20-16;/h6,13H,3-5,7-12,14-15H2,1-2H3,(H,18,19);1H. The van der Waals surface area contributed by atoms with E-state index >= 15 is 0 Å². The van der Waals surface area contributed by atoms with Gasteiger partial charge in [-0.1, -0.05) is 18.5 Å². The maximum Gasteiger partial charge on any atom is 0.194 e. The molecule has 0 spiro atoms. The molecule has 1 aliphatic rings. The summed E-state index contributed by atoms with van der Waals surface area (Å²) in [5.41, 5.74) is 0.994. The molecular formula is C17H32IN5O2. The Labute approximate surface area is 168 Å². The summed E-state index contributed by atoms with van der Waals surface area (Å²) in [7, 11) is 0. The minimum atomic E-state index is 0. The first-order chi connectivity index (χ1) is 11.8. The van der Waals surface area contributed by atoms with Crippen LogP contribution < -0.4 is 5.32 Å². The van der Waals surface area contributed by atoms with Crippen LogP contribution in [0.1, 0.15) is 32.4 Å². The molecule has 0 radical (unpaired) electrons. The number of rotatable bonds is 9. The molecule has 7 nitrogen and oxygen atoms in total. The highest BCUT2D eigenvalue weighted by atomic mass is 127. The molecule has 144 valence electrons. The number of guanidine groups is 1. The number of nitrogens with zero attached hydrogens (tertiary/aromatic N) is 4. The first-order valence-electron chi connectivity index (χ1n) is 9.06. The summed E-state index contributed by atoms with van der Waals surface area (Å²) in [5.74, 6) is 0.998. The number of unbranched alkanes of at least 4 members (excludes halogenated alkanes) is 1. The van der Waals surface area contributed by atoms with Gasteiger partial charge in [0.25, 0.3) is 0 Å². The molecule has 0 aliphatic carbocycles. The van der Waals surface area contributed by atoms with E-state index in [1.165, 1.54) is 6.42 Å². The summed E-state index contributed by atoms with van der Waals surface area (Å²) in [6, 6.07) is 1.93. The van der Waals surface area contributed by atoms with Crippen LogP contribution in [0.25, 0.3) is 0 Å². The number of nitrogens with one attached hydrogen (secondary N) is 1. The van der Waals surface area contributed by atoms with Gasteiger partial charge in [-0.25, -0.2) is 0 Å². The second-order valence-corrected chi connectivity index (χ2v) is 5.96. The van der Waals surface area contributed by atoms with Crippen molar-refractivity contribution in [2.24, 2.45) is 4.99 Å². The smallest absolute Gasteiger partial charge is 0.194 e. The van der Waals surface area contributed by atoms with E-state index in [2.05, 4.69) is 34.1 Å². The second kappa shape index (κ2) is 13.3. The summed E-state index contributed by atoms with van der Waals surface area (Å²) in [4.78, 5) is 9.42. The van der Waals surface area contributed by atoms with Crippen LogP contribution in [0.2, 0.25) is 0 Å². The Morgan fingerprint density at radius 3 is 2.72 bits per heavy atom. The molecule has 0 saturated carbocycles. The van der Waals surface area contributed by atoms with Crippen molar-refractivity contribution in [1.82, 2.24) is 20.3 Å². The normalized spacial score (nSPS) is 15.9. The van der Waals surface area contributed by atoms with Gasteiger partial charge in [-0.15, -0.1) is 24.0 Å². The van der Waals surface area contributed by atoms with Gasteiger partial charge in [0.1, 0.15) is 6.26 Å². The fourth-order valence-electron chi connectivity index (χ4n) is 2.66. The molecule has 25 heavy (non-hydrogen) atoms. The number of piperazine rings is 1. The zero-order valence-corrected chi connectivity index (χ0v) is 17.8. The third-order valence-corrected chi connectivity index (χ3v) is 4.02. The average molecular weight is 465 g/mol. The van der Waals surface area contributed by atoms with Crippen LogP contribution in [0, 0.1) is 0 Å². The first kappa shape index (κ1) is 22.2. The molecule has 1 saturated heterocycles. The number of hydrogen-bond donors (Lipinski definition) is 1. The predicted octanol–water partition coefficient (Wildman–Crippen LogP) is 2.19. The first-order valence-corrected chi connectivity index (χ1v) is 9.06. The molecule has 1 aromatic rings. The van der Waals surface area contributed by atoms with Crippen LogP contribution in [0.3, 0.4) is 0 Å². The van der Waals surface area contributed by atoms with Crippen LogP contribution >= 0.6 is 24.0 Å². The molecule has 0 bridgehead atoms.